The Balaban J connectivity index is 0.000000547. The highest BCUT2D eigenvalue weighted by Gasteiger charge is 2.28. The molecule has 180 valence electrons. The van der Waals surface area contributed by atoms with Crippen LogP contribution in [0.3, 0.4) is 0 Å². The molecule has 0 fully saturated rings. The summed E-state index contributed by atoms with van der Waals surface area (Å²) in [6, 6.07) is 12.9. The molecule has 0 saturated heterocycles. The third-order valence-electron chi connectivity index (χ3n) is 2.91. The molecule has 4 nitrogen and oxygen atoms in total. The van der Waals surface area contributed by atoms with E-state index in [4.69, 9.17) is 90.1 Å². The van der Waals surface area contributed by atoms with Gasteiger partial charge in [-0.15, -0.1) is 0 Å². The maximum Gasteiger partial charge on any atom is 0.277 e. The molecule has 0 heterocycles. The van der Waals surface area contributed by atoms with Gasteiger partial charge in [-0.1, -0.05) is 93.3 Å². The molecule has 0 aliphatic rings. The Morgan fingerprint density at radius 1 is 0.853 bits per heavy atom. The third kappa shape index (κ3) is 17.5. The van der Waals surface area contributed by atoms with Gasteiger partial charge in [-0.25, -0.2) is 8.78 Å². The summed E-state index contributed by atoms with van der Waals surface area (Å²) in [5.74, 6) is 9.35. The summed E-state index contributed by atoms with van der Waals surface area (Å²) in [4.78, 5) is 0. The number of nitrogens with one attached hydrogen (secondary N) is 1. The average molecular weight is 589 g/mol. The van der Waals surface area contributed by atoms with Crippen LogP contribution in [0.15, 0.2) is 48.5 Å². The molecule has 0 aliphatic carbocycles. The number of nitriles is 1. The quantitative estimate of drug-likeness (QED) is 0.171. The summed E-state index contributed by atoms with van der Waals surface area (Å²) < 4.78 is 26.1. The molecule has 0 spiro atoms. The maximum atomic E-state index is 12.6. The number of hydrogen-bond acceptors (Lipinski definition) is 4. The first-order chi connectivity index (χ1) is 15.8. The van der Waals surface area contributed by atoms with Gasteiger partial charge in [0.05, 0.1) is 0 Å². The first-order valence-corrected chi connectivity index (χ1v) is 10.9. The summed E-state index contributed by atoms with van der Waals surface area (Å²) in [5, 5.41) is 23.3. The fourth-order valence-corrected chi connectivity index (χ4v) is 1.70. The maximum absolute atomic E-state index is 12.6. The van der Waals surface area contributed by atoms with Crippen molar-refractivity contribution in [2.45, 2.75) is 7.59 Å². The van der Waals surface area contributed by atoms with E-state index in [1.165, 1.54) is 42.5 Å². The van der Waals surface area contributed by atoms with Crippen molar-refractivity contribution in [3.05, 3.63) is 71.3 Å². The molecular formula is C22H14Cl6F2N2O2. The molecule has 0 atom stereocenters. The highest BCUT2D eigenvalue weighted by molar-refractivity contribution is 6.76. The molecule has 12 heteroatoms. The number of benzene rings is 2. The number of nitrogens with zero attached hydrogens (tertiary/aromatic N) is 1. The van der Waals surface area contributed by atoms with E-state index in [-0.39, 0.29) is 24.8 Å². The van der Waals surface area contributed by atoms with Gasteiger partial charge in [0.2, 0.25) is 5.90 Å². The fraction of sp³-hybridized carbons (Fsp3) is 0.182. The number of rotatable bonds is 1. The van der Waals surface area contributed by atoms with E-state index in [1.54, 1.807) is 12.1 Å². The van der Waals surface area contributed by atoms with E-state index in [0.717, 1.165) is 0 Å². The van der Waals surface area contributed by atoms with Crippen LogP contribution in [0.4, 0.5) is 8.78 Å². The molecule has 0 aromatic heterocycles. The van der Waals surface area contributed by atoms with Gasteiger partial charge >= 0.3 is 0 Å². The van der Waals surface area contributed by atoms with Crippen LogP contribution in [0, 0.1) is 52.1 Å². The first-order valence-electron chi connectivity index (χ1n) is 8.64. The molecule has 2 rings (SSSR count). The van der Waals surface area contributed by atoms with Gasteiger partial charge in [0.25, 0.3) is 7.59 Å². The van der Waals surface area contributed by atoms with Crippen LogP contribution < -0.4 is 0 Å². The Kier molecular flexibility index (Phi) is 15.7. The molecule has 0 amide bonds. The lowest BCUT2D eigenvalue weighted by Gasteiger charge is -2.10. The zero-order valence-corrected chi connectivity index (χ0v) is 21.4. The number of ether oxygens (including phenoxy) is 1. The van der Waals surface area contributed by atoms with Gasteiger partial charge in [-0.2, -0.15) is 5.26 Å². The fourth-order valence-electron chi connectivity index (χ4n) is 1.54. The standard InChI is InChI=1S/C11H7Cl3FNO.C9H7FO.C2Cl3N/c12-11(13,14)10(16)17-7-1-2-8-3-5-9(15)6-4-8;10-9-5-3-8(4-6-9)2-1-7-11;3-2(4,5)1-6/h3-6,16H,7H2;3-6,11H,7H2;. The molecule has 2 aromatic rings. The van der Waals surface area contributed by atoms with Crippen molar-refractivity contribution in [3.8, 4) is 29.8 Å². The Hall–Kier alpha value is -1.92. The van der Waals surface area contributed by atoms with E-state index in [1.807, 2.05) is 0 Å². The SMILES string of the molecule is N#CC(Cl)(Cl)Cl.N=C(OCC#Cc1ccc(F)cc1)C(Cl)(Cl)Cl.OCC#Cc1ccc(F)cc1. The van der Waals surface area contributed by atoms with Crippen molar-refractivity contribution in [1.82, 2.24) is 0 Å². The topological polar surface area (TPSA) is 77.1 Å². The molecular weight excluding hydrogens is 575 g/mol. The van der Waals surface area contributed by atoms with Crippen LogP contribution in [0.1, 0.15) is 11.1 Å². The van der Waals surface area contributed by atoms with Crippen LogP contribution in [0.25, 0.3) is 0 Å². The van der Waals surface area contributed by atoms with Crippen molar-refractivity contribution in [3.63, 3.8) is 0 Å². The van der Waals surface area contributed by atoms with Crippen LogP contribution >= 0.6 is 69.6 Å². The summed E-state index contributed by atoms with van der Waals surface area (Å²) in [5.41, 5.74) is 1.34. The Morgan fingerprint density at radius 2 is 1.24 bits per heavy atom. The second-order valence-corrected chi connectivity index (χ2v) is 10.1. The van der Waals surface area contributed by atoms with Crippen molar-refractivity contribution in [2.24, 2.45) is 0 Å². The molecule has 0 saturated carbocycles. The van der Waals surface area contributed by atoms with Crippen molar-refractivity contribution >= 4 is 75.5 Å². The van der Waals surface area contributed by atoms with E-state index in [9.17, 15) is 8.78 Å². The van der Waals surface area contributed by atoms with Crippen molar-refractivity contribution in [2.75, 3.05) is 13.2 Å². The predicted octanol–water partition coefficient (Wildman–Crippen LogP) is 6.59. The highest BCUT2D eigenvalue weighted by Crippen LogP contribution is 2.27. The second kappa shape index (κ2) is 16.7. The molecule has 0 bridgehead atoms. The lowest BCUT2D eigenvalue weighted by Crippen LogP contribution is -2.21. The largest absolute Gasteiger partial charge is 0.465 e. The second-order valence-electron chi connectivity index (χ2n) is 5.50. The Morgan fingerprint density at radius 3 is 1.56 bits per heavy atom. The smallest absolute Gasteiger partial charge is 0.277 e. The van der Waals surface area contributed by atoms with Crippen LogP contribution in [0.5, 0.6) is 0 Å². The van der Waals surface area contributed by atoms with Gasteiger partial charge in [0.1, 0.15) is 24.3 Å². The Bertz CT molecular complexity index is 1070. The zero-order valence-electron chi connectivity index (χ0n) is 16.9. The highest BCUT2D eigenvalue weighted by atomic mass is 35.6. The van der Waals surface area contributed by atoms with Gasteiger partial charge in [-0.3, -0.25) is 5.41 Å². The predicted molar refractivity (Wildman–Crippen MR) is 134 cm³/mol. The third-order valence-corrected chi connectivity index (χ3v) is 3.67. The van der Waals surface area contributed by atoms with E-state index in [2.05, 4.69) is 23.7 Å². The van der Waals surface area contributed by atoms with E-state index in [0.29, 0.717) is 11.1 Å². The number of halogens is 8. The van der Waals surface area contributed by atoms with Crippen molar-refractivity contribution in [1.29, 1.82) is 10.7 Å². The van der Waals surface area contributed by atoms with Gasteiger partial charge in [-0.05, 0) is 48.5 Å². The summed E-state index contributed by atoms with van der Waals surface area (Å²) in [6.07, 6.45) is 0. The summed E-state index contributed by atoms with van der Waals surface area (Å²) in [6.45, 7) is -0.249. The molecule has 0 radical (unpaired) electrons. The zero-order chi connectivity index (χ0) is 26.2. The minimum absolute atomic E-state index is 0.0792. The molecule has 0 unspecified atom stereocenters. The molecule has 0 aliphatic heterocycles. The molecule has 34 heavy (non-hydrogen) atoms. The van der Waals surface area contributed by atoms with Crippen LogP contribution in [-0.4, -0.2) is 31.8 Å². The number of alkyl halides is 6. The number of aliphatic hydroxyl groups excluding tert-OH is 1. The van der Waals surface area contributed by atoms with Crippen LogP contribution in [-0.2, 0) is 4.74 Å². The first kappa shape index (κ1) is 32.1. The average Bonchev–Trinajstić information content (AvgIpc) is 2.77. The Labute approximate surface area is 225 Å². The summed E-state index contributed by atoms with van der Waals surface area (Å²) in [7, 11) is 0. The van der Waals surface area contributed by atoms with Crippen LogP contribution in [0.2, 0.25) is 0 Å². The van der Waals surface area contributed by atoms with E-state index >= 15 is 0 Å². The monoisotopic (exact) mass is 586 g/mol. The number of aliphatic hydroxyl groups is 1. The van der Waals surface area contributed by atoms with Gasteiger partial charge in [0, 0.05) is 11.1 Å². The minimum atomic E-state index is -1.88. The number of hydrogen-bond donors (Lipinski definition) is 2. The van der Waals surface area contributed by atoms with Crippen molar-refractivity contribution < 1.29 is 18.6 Å². The van der Waals surface area contributed by atoms with E-state index < -0.39 is 13.5 Å². The molecule has 2 N–H and O–H groups in total. The molecule has 2 aromatic carbocycles. The normalized spacial score (nSPS) is 9.76. The van der Waals surface area contributed by atoms with Gasteiger partial charge in [0.15, 0.2) is 6.61 Å². The lowest BCUT2D eigenvalue weighted by atomic mass is 10.2. The van der Waals surface area contributed by atoms with Gasteiger partial charge < -0.3 is 9.84 Å². The lowest BCUT2D eigenvalue weighted by molar-refractivity contribution is 0.347. The summed E-state index contributed by atoms with van der Waals surface area (Å²) >= 11 is 30.8. The minimum Gasteiger partial charge on any atom is -0.465 e.